The number of carbonyl (C=O) groups excluding carboxylic acids is 2. The van der Waals surface area contributed by atoms with Gasteiger partial charge in [0, 0.05) is 5.69 Å². The van der Waals surface area contributed by atoms with Gasteiger partial charge in [-0.2, -0.15) is 0 Å². The Hall–Kier alpha value is -3.68. The van der Waals surface area contributed by atoms with Crippen LogP contribution in [0.25, 0.3) is 0 Å². The van der Waals surface area contributed by atoms with Crippen molar-refractivity contribution in [1.82, 2.24) is 9.97 Å². The van der Waals surface area contributed by atoms with Crippen LogP contribution in [0.2, 0.25) is 0 Å². The van der Waals surface area contributed by atoms with E-state index in [1.54, 1.807) is 43.5 Å². The highest BCUT2D eigenvalue weighted by Crippen LogP contribution is 2.12. The summed E-state index contributed by atoms with van der Waals surface area (Å²) in [5.74, 6) is 0.495. The number of rotatable bonds is 7. The zero-order valence-electron chi connectivity index (χ0n) is 14.6. The number of hydrogen-bond acceptors (Lipinski definition) is 7. The summed E-state index contributed by atoms with van der Waals surface area (Å²) in [6.07, 6.45) is 4.45. The third-order valence-corrected chi connectivity index (χ3v) is 3.56. The minimum Gasteiger partial charge on any atom is -0.467 e. The maximum Gasteiger partial charge on any atom is 0.338 e. The van der Waals surface area contributed by atoms with Crippen LogP contribution in [-0.4, -0.2) is 28.5 Å². The van der Waals surface area contributed by atoms with E-state index in [4.69, 9.17) is 9.15 Å². The first-order valence-electron chi connectivity index (χ1n) is 8.32. The van der Waals surface area contributed by atoms with Crippen molar-refractivity contribution in [2.45, 2.75) is 13.5 Å². The average molecular weight is 366 g/mol. The lowest BCUT2D eigenvalue weighted by Gasteiger charge is -2.07. The van der Waals surface area contributed by atoms with Gasteiger partial charge in [-0.25, -0.2) is 14.8 Å². The molecular formula is C19H18N4O4. The van der Waals surface area contributed by atoms with Gasteiger partial charge in [-0.1, -0.05) is 0 Å². The molecule has 0 bridgehead atoms. The number of ether oxygens (including phenoxy) is 1. The summed E-state index contributed by atoms with van der Waals surface area (Å²) in [7, 11) is 0. The molecule has 3 aromatic rings. The van der Waals surface area contributed by atoms with Crippen LogP contribution in [0.1, 0.15) is 33.5 Å². The van der Waals surface area contributed by atoms with E-state index in [2.05, 4.69) is 20.6 Å². The van der Waals surface area contributed by atoms with Crippen molar-refractivity contribution in [2.24, 2.45) is 0 Å². The molecule has 0 atom stereocenters. The average Bonchev–Trinajstić information content (AvgIpc) is 3.21. The third kappa shape index (κ3) is 4.91. The smallest absolute Gasteiger partial charge is 0.338 e. The minimum atomic E-state index is -0.404. The Morgan fingerprint density at radius 1 is 1.11 bits per heavy atom. The Balaban J connectivity index is 1.56. The second kappa shape index (κ2) is 8.61. The van der Waals surface area contributed by atoms with Crippen molar-refractivity contribution in [3.8, 4) is 0 Å². The summed E-state index contributed by atoms with van der Waals surface area (Å²) in [5, 5.41) is 5.75. The van der Waals surface area contributed by atoms with E-state index in [-0.39, 0.29) is 5.69 Å². The number of aromatic nitrogens is 2. The zero-order chi connectivity index (χ0) is 19.1. The lowest BCUT2D eigenvalue weighted by molar-refractivity contribution is 0.0526. The molecule has 0 aliphatic heterocycles. The molecule has 2 N–H and O–H groups in total. The number of hydrogen-bond donors (Lipinski definition) is 2. The lowest BCUT2D eigenvalue weighted by Crippen LogP contribution is -2.14. The Bertz CT molecular complexity index is 890. The Kier molecular flexibility index (Phi) is 5.78. The molecule has 0 spiro atoms. The lowest BCUT2D eigenvalue weighted by atomic mass is 10.2. The van der Waals surface area contributed by atoms with Crippen molar-refractivity contribution in [1.29, 1.82) is 0 Å². The van der Waals surface area contributed by atoms with E-state index in [0.717, 1.165) is 5.76 Å². The number of furan rings is 1. The van der Waals surface area contributed by atoms with Crippen molar-refractivity contribution >= 4 is 23.4 Å². The molecule has 8 heteroatoms. The van der Waals surface area contributed by atoms with E-state index in [0.29, 0.717) is 30.2 Å². The number of anilines is 2. The molecule has 1 amide bonds. The van der Waals surface area contributed by atoms with Crippen LogP contribution in [0.15, 0.2) is 59.5 Å². The van der Waals surface area contributed by atoms with Crippen molar-refractivity contribution in [3.05, 3.63) is 72.1 Å². The predicted octanol–water partition coefficient (Wildman–Crippen LogP) is 3.11. The molecule has 2 aromatic heterocycles. The molecule has 8 nitrogen and oxygen atoms in total. The van der Waals surface area contributed by atoms with Crippen LogP contribution < -0.4 is 10.6 Å². The summed E-state index contributed by atoms with van der Waals surface area (Å²) in [6, 6.07) is 10.1. The highest BCUT2D eigenvalue weighted by atomic mass is 16.5. The van der Waals surface area contributed by atoms with Crippen LogP contribution in [0.3, 0.4) is 0 Å². The number of carbonyl (C=O) groups is 2. The number of amides is 1. The Morgan fingerprint density at radius 3 is 2.56 bits per heavy atom. The minimum absolute atomic E-state index is 0.174. The molecule has 0 unspecified atom stereocenters. The number of esters is 1. The van der Waals surface area contributed by atoms with Gasteiger partial charge in [0.1, 0.15) is 17.3 Å². The Labute approximate surface area is 155 Å². The third-order valence-electron chi connectivity index (χ3n) is 3.56. The largest absolute Gasteiger partial charge is 0.467 e. The predicted molar refractivity (Wildman–Crippen MR) is 98.4 cm³/mol. The molecule has 138 valence electrons. The second-order valence-corrected chi connectivity index (χ2v) is 5.47. The van der Waals surface area contributed by atoms with Gasteiger partial charge in [0.25, 0.3) is 5.91 Å². The van der Waals surface area contributed by atoms with Gasteiger partial charge in [0.15, 0.2) is 0 Å². The molecule has 0 saturated heterocycles. The van der Waals surface area contributed by atoms with Crippen LogP contribution in [0.5, 0.6) is 0 Å². The molecule has 27 heavy (non-hydrogen) atoms. The van der Waals surface area contributed by atoms with Crippen molar-refractivity contribution in [3.63, 3.8) is 0 Å². The Morgan fingerprint density at radius 2 is 1.93 bits per heavy atom. The fourth-order valence-corrected chi connectivity index (χ4v) is 2.23. The van der Waals surface area contributed by atoms with Crippen LogP contribution in [-0.2, 0) is 11.3 Å². The SMILES string of the molecule is CCOC(=O)c1ccc(NC(=O)c2cnc(NCc3ccco3)cn2)cc1. The fraction of sp³-hybridized carbons (Fsp3) is 0.158. The molecular weight excluding hydrogens is 348 g/mol. The quantitative estimate of drug-likeness (QED) is 0.619. The first kappa shape index (κ1) is 18.1. The van der Waals surface area contributed by atoms with Gasteiger partial charge in [-0.3, -0.25) is 4.79 Å². The van der Waals surface area contributed by atoms with E-state index < -0.39 is 11.9 Å². The van der Waals surface area contributed by atoms with Gasteiger partial charge < -0.3 is 19.8 Å². The van der Waals surface area contributed by atoms with Crippen molar-refractivity contribution < 1.29 is 18.7 Å². The zero-order valence-corrected chi connectivity index (χ0v) is 14.6. The maximum atomic E-state index is 12.3. The summed E-state index contributed by atoms with van der Waals surface area (Å²) >= 11 is 0. The van der Waals surface area contributed by atoms with E-state index in [1.807, 2.05) is 6.07 Å². The highest BCUT2D eigenvalue weighted by molar-refractivity contribution is 6.03. The number of nitrogens with one attached hydrogen (secondary N) is 2. The molecule has 1 aromatic carbocycles. The highest BCUT2D eigenvalue weighted by Gasteiger charge is 2.10. The normalized spacial score (nSPS) is 10.3. The summed E-state index contributed by atoms with van der Waals surface area (Å²) in [5.41, 5.74) is 1.13. The molecule has 3 rings (SSSR count). The fourth-order valence-electron chi connectivity index (χ4n) is 2.23. The van der Waals surface area contributed by atoms with Crippen LogP contribution in [0, 0.1) is 0 Å². The monoisotopic (exact) mass is 366 g/mol. The van der Waals surface area contributed by atoms with E-state index >= 15 is 0 Å². The molecule has 0 aliphatic carbocycles. The standard InChI is InChI=1S/C19H18N4O4/c1-2-26-19(25)13-5-7-14(8-6-13)23-18(24)16-11-22-17(12-20-16)21-10-15-4-3-9-27-15/h3-9,11-12H,2,10H2,1H3,(H,21,22)(H,23,24). The number of benzene rings is 1. The summed E-state index contributed by atoms with van der Waals surface area (Å²) in [4.78, 5) is 32.1. The van der Waals surface area contributed by atoms with Crippen LogP contribution in [0.4, 0.5) is 11.5 Å². The van der Waals surface area contributed by atoms with Gasteiger partial charge in [0.2, 0.25) is 0 Å². The van der Waals surface area contributed by atoms with Gasteiger partial charge >= 0.3 is 5.97 Å². The molecule has 0 radical (unpaired) electrons. The van der Waals surface area contributed by atoms with Crippen LogP contribution >= 0.6 is 0 Å². The van der Waals surface area contributed by atoms with Gasteiger partial charge in [-0.05, 0) is 43.3 Å². The van der Waals surface area contributed by atoms with Gasteiger partial charge in [-0.15, -0.1) is 0 Å². The molecule has 0 saturated carbocycles. The number of nitrogens with zero attached hydrogens (tertiary/aromatic N) is 2. The van der Waals surface area contributed by atoms with E-state index in [1.165, 1.54) is 12.4 Å². The van der Waals surface area contributed by atoms with E-state index in [9.17, 15) is 9.59 Å². The molecule has 0 fully saturated rings. The summed E-state index contributed by atoms with van der Waals surface area (Å²) < 4.78 is 10.1. The first-order valence-corrected chi connectivity index (χ1v) is 8.32. The van der Waals surface area contributed by atoms with Gasteiger partial charge in [0.05, 0.1) is 37.4 Å². The van der Waals surface area contributed by atoms with Crippen molar-refractivity contribution in [2.75, 3.05) is 17.2 Å². The molecule has 0 aliphatic rings. The first-order chi connectivity index (χ1) is 13.2. The summed E-state index contributed by atoms with van der Waals surface area (Å²) in [6.45, 7) is 2.52. The second-order valence-electron chi connectivity index (χ2n) is 5.47. The maximum absolute atomic E-state index is 12.3. The topological polar surface area (TPSA) is 106 Å². The molecule has 2 heterocycles.